The lowest BCUT2D eigenvalue weighted by atomic mass is 10.0. The topological polar surface area (TPSA) is 37.6 Å². The molecule has 2 aromatic heterocycles. The Kier molecular flexibility index (Phi) is 3.34. The van der Waals surface area contributed by atoms with Gasteiger partial charge in [0, 0.05) is 24.7 Å². The number of fused-ring (bicyclic) bond motifs is 1. The van der Waals surface area contributed by atoms with Crippen molar-refractivity contribution in [1.82, 2.24) is 14.3 Å². The molecule has 4 nitrogen and oxygen atoms in total. The zero-order valence-corrected chi connectivity index (χ0v) is 11.2. The molecule has 0 N–H and O–H groups in total. The Hall–Kier alpha value is -1.68. The van der Waals surface area contributed by atoms with Crippen LogP contribution in [0.25, 0.3) is 5.52 Å². The van der Waals surface area contributed by atoms with Crippen LogP contribution in [0.2, 0.25) is 0 Å². The highest BCUT2D eigenvalue weighted by Gasteiger charge is 2.22. The van der Waals surface area contributed by atoms with Crippen molar-refractivity contribution in [1.29, 1.82) is 0 Å². The van der Waals surface area contributed by atoms with Gasteiger partial charge in [-0.2, -0.15) is 0 Å². The number of rotatable bonds is 4. The summed E-state index contributed by atoms with van der Waals surface area (Å²) >= 11 is 0. The average molecular weight is 257 g/mol. The van der Waals surface area contributed by atoms with E-state index in [9.17, 15) is 4.79 Å². The van der Waals surface area contributed by atoms with E-state index in [0.29, 0.717) is 11.5 Å². The number of imidazole rings is 1. The molecule has 1 saturated heterocycles. The van der Waals surface area contributed by atoms with Crippen LogP contribution in [0.5, 0.6) is 0 Å². The zero-order valence-electron chi connectivity index (χ0n) is 11.2. The van der Waals surface area contributed by atoms with Gasteiger partial charge in [-0.05, 0) is 37.6 Å². The lowest BCUT2D eigenvalue weighted by Crippen LogP contribution is -2.20. The number of aldehydes is 1. The predicted octanol–water partition coefficient (Wildman–Crippen LogP) is 2.03. The molecule has 19 heavy (non-hydrogen) atoms. The van der Waals surface area contributed by atoms with E-state index in [-0.39, 0.29) is 0 Å². The first kappa shape index (κ1) is 12.4. The molecule has 0 aromatic carbocycles. The molecule has 100 valence electrons. The molecule has 4 heteroatoms. The largest absolute Gasteiger partial charge is 0.303 e. The minimum atomic E-state index is 0.686. The van der Waals surface area contributed by atoms with Crippen molar-refractivity contribution in [3.05, 3.63) is 35.9 Å². The molecule has 3 heterocycles. The van der Waals surface area contributed by atoms with Crippen LogP contribution in [0, 0.1) is 5.92 Å². The van der Waals surface area contributed by atoms with Gasteiger partial charge in [-0.1, -0.05) is 6.92 Å². The van der Waals surface area contributed by atoms with Crippen LogP contribution in [0.1, 0.15) is 29.5 Å². The summed E-state index contributed by atoms with van der Waals surface area (Å²) in [6.07, 6.45) is 6.90. The highest BCUT2D eigenvalue weighted by molar-refractivity contribution is 5.75. The highest BCUT2D eigenvalue weighted by Crippen LogP contribution is 2.20. The van der Waals surface area contributed by atoms with E-state index >= 15 is 0 Å². The van der Waals surface area contributed by atoms with E-state index in [2.05, 4.69) is 21.2 Å². The zero-order chi connectivity index (χ0) is 13.2. The second-order valence-electron chi connectivity index (χ2n) is 5.30. The van der Waals surface area contributed by atoms with Gasteiger partial charge < -0.3 is 9.30 Å². The standard InChI is InChI=1S/C15H19N3O/c1-2-17-6-5-12(9-17)7-15-16-8-14-4-3-13(11-19)10-18(14)15/h3-4,8,10-12H,2,5-7,9H2,1H3. The van der Waals surface area contributed by atoms with Crippen LogP contribution in [0.15, 0.2) is 24.5 Å². The number of pyridine rings is 1. The Morgan fingerprint density at radius 1 is 1.47 bits per heavy atom. The average Bonchev–Trinajstić information content (AvgIpc) is 3.06. The van der Waals surface area contributed by atoms with Crippen molar-refractivity contribution in [2.45, 2.75) is 19.8 Å². The number of aromatic nitrogens is 2. The molecule has 0 amide bonds. The van der Waals surface area contributed by atoms with Crippen molar-refractivity contribution >= 4 is 11.8 Å². The maximum atomic E-state index is 10.9. The van der Waals surface area contributed by atoms with Crippen LogP contribution in [-0.4, -0.2) is 40.2 Å². The summed E-state index contributed by atoms with van der Waals surface area (Å²) in [4.78, 5) is 17.9. The summed E-state index contributed by atoms with van der Waals surface area (Å²) in [5.74, 6) is 1.76. The minimum Gasteiger partial charge on any atom is -0.303 e. The summed E-state index contributed by atoms with van der Waals surface area (Å²) in [6.45, 7) is 5.71. The van der Waals surface area contributed by atoms with E-state index in [1.165, 1.54) is 19.5 Å². The molecular formula is C15H19N3O. The first-order chi connectivity index (χ1) is 9.30. The van der Waals surface area contributed by atoms with Gasteiger partial charge in [0.05, 0.1) is 11.7 Å². The van der Waals surface area contributed by atoms with E-state index < -0.39 is 0 Å². The minimum absolute atomic E-state index is 0.686. The van der Waals surface area contributed by atoms with Gasteiger partial charge in [-0.25, -0.2) is 4.98 Å². The van der Waals surface area contributed by atoms with Gasteiger partial charge in [0.1, 0.15) is 5.82 Å². The molecule has 0 radical (unpaired) electrons. The summed E-state index contributed by atoms with van der Waals surface area (Å²) in [6, 6.07) is 3.79. The van der Waals surface area contributed by atoms with E-state index in [1.54, 1.807) is 0 Å². The summed E-state index contributed by atoms with van der Waals surface area (Å²) < 4.78 is 2.05. The Labute approximate surface area is 113 Å². The molecule has 1 aliphatic heterocycles. The Balaban J connectivity index is 1.83. The molecule has 1 fully saturated rings. The Morgan fingerprint density at radius 3 is 3.11 bits per heavy atom. The van der Waals surface area contributed by atoms with Crippen molar-refractivity contribution in [2.24, 2.45) is 5.92 Å². The molecule has 0 aliphatic carbocycles. The third-order valence-electron chi connectivity index (χ3n) is 4.05. The molecule has 0 spiro atoms. The molecule has 1 unspecified atom stereocenters. The number of hydrogen-bond acceptors (Lipinski definition) is 3. The maximum absolute atomic E-state index is 10.9. The van der Waals surface area contributed by atoms with Gasteiger partial charge in [0.2, 0.25) is 0 Å². The first-order valence-corrected chi connectivity index (χ1v) is 6.93. The van der Waals surface area contributed by atoms with Gasteiger partial charge in [0.15, 0.2) is 6.29 Å². The maximum Gasteiger partial charge on any atom is 0.151 e. The quantitative estimate of drug-likeness (QED) is 0.787. The fraction of sp³-hybridized carbons (Fsp3) is 0.467. The van der Waals surface area contributed by atoms with Crippen molar-refractivity contribution in [3.63, 3.8) is 0 Å². The van der Waals surface area contributed by atoms with Crippen LogP contribution >= 0.6 is 0 Å². The number of carbonyl (C=O) groups excluding carboxylic acids is 1. The Bertz CT molecular complexity index is 590. The summed E-state index contributed by atoms with van der Waals surface area (Å²) in [5.41, 5.74) is 1.76. The Morgan fingerprint density at radius 2 is 2.37 bits per heavy atom. The van der Waals surface area contributed by atoms with E-state index in [4.69, 9.17) is 0 Å². The normalized spacial score (nSPS) is 20.2. The molecular weight excluding hydrogens is 238 g/mol. The van der Waals surface area contributed by atoms with E-state index in [0.717, 1.165) is 30.6 Å². The number of nitrogens with zero attached hydrogens (tertiary/aromatic N) is 3. The van der Waals surface area contributed by atoms with Crippen LogP contribution < -0.4 is 0 Å². The second-order valence-corrected chi connectivity index (χ2v) is 5.30. The first-order valence-electron chi connectivity index (χ1n) is 6.93. The fourth-order valence-corrected chi connectivity index (χ4v) is 2.91. The van der Waals surface area contributed by atoms with Crippen molar-refractivity contribution in [2.75, 3.05) is 19.6 Å². The smallest absolute Gasteiger partial charge is 0.151 e. The molecule has 1 atom stereocenters. The highest BCUT2D eigenvalue weighted by atomic mass is 16.1. The van der Waals surface area contributed by atoms with Gasteiger partial charge in [-0.3, -0.25) is 4.79 Å². The number of carbonyl (C=O) groups is 1. The van der Waals surface area contributed by atoms with Crippen LogP contribution in [0.4, 0.5) is 0 Å². The van der Waals surface area contributed by atoms with E-state index in [1.807, 2.05) is 24.5 Å². The van der Waals surface area contributed by atoms with Crippen LogP contribution in [-0.2, 0) is 6.42 Å². The number of likely N-dealkylation sites (tertiary alicyclic amines) is 1. The van der Waals surface area contributed by atoms with Gasteiger partial charge >= 0.3 is 0 Å². The summed E-state index contributed by atoms with van der Waals surface area (Å²) in [5, 5.41) is 0. The monoisotopic (exact) mass is 257 g/mol. The van der Waals surface area contributed by atoms with Gasteiger partial charge in [-0.15, -0.1) is 0 Å². The molecule has 0 bridgehead atoms. The predicted molar refractivity (Wildman–Crippen MR) is 74.5 cm³/mol. The van der Waals surface area contributed by atoms with Crippen LogP contribution in [0.3, 0.4) is 0 Å². The third kappa shape index (κ3) is 2.40. The lowest BCUT2D eigenvalue weighted by molar-refractivity contribution is 0.112. The van der Waals surface area contributed by atoms with Gasteiger partial charge in [0.25, 0.3) is 0 Å². The molecule has 2 aromatic rings. The third-order valence-corrected chi connectivity index (χ3v) is 4.05. The second kappa shape index (κ2) is 5.13. The molecule has 1 aliphatic rings. The SMILES string of the molecule is CCN1CCC(Cc2ncc3ccc(C=O)cn23)C1. The van der Waals surface area contributed by atoms with Crippen molar-refractivity contribution < 1.29 is 4.79 Å². The lowest BCUT2D eigenvalue weighted by Gasteiger charge is -2.12. The fourth-order valence-electron chi connectivity index (χ4n) is 2.91. The van der Waals surface area contributed by atoms with Crippen molar-refractivity contribution in [3.8, 4) is 0 Å². The molecule has 3 rings (SSSR count). The molecule has 0 saturated carbocycles. The summed E-state index contributed by atoms with van der Waals surface area (Å²) in [7, 11) is 0. The number of hydrogen-bond donors (Lipinski definition) is 0.